The molecule has 0 aromatic heterocycles. The standard InChI is InChI=1S/C26H29N5O6S2/c1-4-28-18-14-17(27-3)20(32)15-19(18)29(5-2)21(28)11-10-16-24(38)30(12-6-8-22(33)34)26(37)31(25(16)39)13-7-9-23(35)36/h10-11,14-15,32H,4-9,12-13H2,1-2H3,(H,33,34)(H,35,36). The lowest BCUT2D eigenvalue weighted by atomic mass is 10.1. The van der Waals surface area contributed by atoms with Crippen molar-refractivity contribution in [1.29, 1.82) is 0 Å². The van der Waals surface area contributed by atoms with Crippen LogP contribution in [0.15, 0.2) is 35.7 Å². The highest BCUT2D eigenvalue weighted by molar-refractivity contribution is 7.83. The molecule has 2 aliphatic heterocycles. The van der Waals surface area contributed by atoms with E-state index in [-0.39, 0.29) is 60.2 Å². The van der Waals surface area contributed by atoms with E-state index in [4.69, 9.17) is 41.2 Å². The normalized spacial score (nSPS) is 16.2. The lowest BCUT2D eigenvalue weighted by molar-refractivity contribution is -0.138. The molecule has 11 nitrogen and oxygen atoms in total. The Labute approximate surface area is 237 Å². The molecular weight excluding hydrogens is 542 g/mol. The predicted molar refractivity (Wildman–Crippen MR) is 154 cm³/mol. The lowest BCUT2D eigenvalue weighted by Crippen LogP contribution is -2.55. The highest BCUT2D eigenvalue weighted by Crippen LogP contribution is 2.47. The highest BCUT2D eigenvalue weighted by atomic mass is 32.1. The third kappa shape index (κ3) is 6.18. The van der Waals surface area contributed by atoms with Crippen LogP contribution >= 0.6 is 24.4 Å². The van der Waals surface area contributed by atoms with E-state index in [0.29, 0.717) is 18.7 Å². The van der Waals surface area contributed by atoms with Crippen LogP contribution in [0.5, 0.6) is 5.75 Å². The number of carboxylic acid groups (broad SMARTS) is 2. The van der Waals surface area contributed by atoms with Gasteiger partial charge in [0.1, 0.15) is 21.5 Å². The third-order valence-corrected chi connectivity index (χ3v) is 7.20. The number of thiocarbonyl (C=S) groups is 2. The first-order valence-corrected chi connectivity index (χ1v) is 13.2. The van der Waals surface area contributed by atoms with Gasteiger partial charge in [-0.3, -0.25) is 19.4 Å². The van der Waals surface area contributed by atoms with Gasteiger partial charge in [0.2, 0.25) is 5.69 Å². The Bertz CT molecular complexity index is 1270. The molecule has 0 bridgehead atoms. The summed E-state index contributed by atoms with van der Waals surface area (Å²) in [4.78, 5) is 45.6. The smallest absolute Gasteiger partial charge is 0.330 e. The van der Waals surface area contributed by atoms with E-state index in [1.807, 2.05) is 23.6 Å². The maximum absolute atomic E-state index is 13.2. The molecule has 1 saturated heterocycles. The van der Waals surface area contributed by atoms with Crippen LogP contribution in [0.3, 0.4) is 0 Å². The van der Waals surface area contributed by atoms with Crippen molar-refractivity contribution in [3.05, 3.63) is 47.1 Å². The number of anilines is 2. The second-order valence-electron chi connectivity index (χ2n) is 8.73. The Kier molecular flexibility index (Phi) is 9.61. The fourth-order valence-corrected chi connectivity index (χ4v) is 5.22. The number of carbonyl (C=O) groups is 3. The molecule has 3 rings (SSSR count). The summed E-state index contributed by atoms with van der Waals surface area (Å²) in [6.45, 7) is 12.5. The Morgan fingerprint density at radius 3 is 1.82 bits per heavy atom. The molecule has 0 unspecified atom stereocenters. The van der Waals surface area contributed by atoms with Gasteiger partial charge in [-0.1, -0.05) is 24.4 Å². The summed E-state index contributed by atoms with van der Waals surface area (Å²) < 4.78 is 0. The van der Waals surface area contributed by atoms with Gasteiger partial charge in [0.15, 0.2) is 0 Å². The van der Waals surface area contributed by atoms with Gasteiger partial charge in [-0.15, -0.1) is 0 Å². The van der Waals surface area contributed by atoms with Crippen molar-refractivity contribution in [2.45, 2.75) is 39.5 Å². The first-order chi connectivity index (χ1) is 18.5. The number of carboxylic acids is 2. The maximum atomic E-state index is 13.2. The SMILES string of the molecule is [C-]#[N+]c1cc2c(cc1O)N(CC)C(=CC=C1C(=S)N(CCCC(=O)O)C(=O)N(CCCC(=O)O)C1=S)N2CC. The number of nitrogens with zero attached hydrogens (tertiary/aromatic N) is 5. The van der Waals surface area contributed by atoms with Crippen LogP contribution in [0.2, 0.25) is 0 Å². The Morgan fingerprint density at radius 1 is 0.897 bits per heavy atom. The Hall–Kier alpha value is -4.02. The van der Waals surface area contributed by atoms with E-state index in [1.165, 1.54) is 9.80 Å². The summed E-state index contributed by atoms with van der Waals surface area (Å²) in [7, 11) is 0. The van der Waals surface area contributed by atoms with Crippen molar-refractivity contribution in [1.82, 2.24) is 9.80 Å². The Balaban J connectivity index is 2.02. The number of phenolic OH excluding ortho intramolecular Hbond substituents is 1. The molecule has 0 saturated carbocycles. The number of fused-ring (bicyclic) bond motifs is 1. The van der Waals surface area contributed by atoms with E-state index < -0.39 is 18.0 Å². The zero-order valence-electron chi connectivity index (χ0n) is 21.6. The van der Waals surface area contributed by atoms with Crippen molar-refractivity contribution >= 4 is 69.4 Å². The molecule has 13 heteroatoms. The first kappa shape index (κ1) is 29.5. The van der Waals surface area contributed by atoms with Crippen molar-refractivity contribution in [2.75, 3.05) is 36.0 Å². The number of aromatic hydroxyl groups is 1. The van der Waals surface area contributed by atoms with Gasteiger partial charge in [-0.25, -0.2) is 9.64 Å². The number of phenols is 1. The van der Waals surface area contributed by atoms with Crippen LogP contribution in [-0.4, -0.2) is 79.2 Å². The molecule has 3 N–H and O–H groups in total. The van der Waals surface area contributed by atoms with Crippen LogP contribution in [0.4, 0.5) is 21.9 Å². The first-order valence-electron chi connectivity index (χ1n) is 12.4. The second kappa shape index (κ2) is 12.7. The van der Waals surface area contributed by atoms with Gasteiger partial charge in [0.25, 0.3) is 0 Å². The second-order valence-corrected chi connectivity index (χ2v) is 9.50. The molecule has 0 radical (unpaired) electrons. The molecule has 0 spiro atoms. The molecular formula is C26H29N5O6S2. The largest absolute Gasteiger partial charge is 0.519 e. The quantitative estimate of drug-likeness (QED) is 0.198. The minimum absolute atomic E-state index is 0.0716. The van der Waals surface area contributed by atoms with E-state index in [1.54, 1.807) is 24.3 Å². The van der Waals surface area contributed by atoms with Crippen molar-refractivity contribution in [3.63, 3.8) is 0 Å². The number of allylic oxidation sites excluding steroid dienone is 2. The van der Waals surface area contributed by atoms with Gasteiger partial charge in [-0.05, 0) is 51.0 Å². The predicted octanol–water partition coefficient (Wildman–Crippen LogP) is 4.50. The summed E-state index contributed by atoms with van der Waals surface area (Å²) in [6.07, 6.45) is 3.58. The number of benzene rings is 1. The number of carbonyl (C=O) groups excluding carboxylic acids is 1. The number of aliphatic carboxylic acids is 2. The van der Waals surface area contributed by atoms with E-state index in [0.717, 1.165) is 17.2 Å². The summed E-state index contributed by atoms with van der Waals surface area (Å²) in [5.41, 5.74) is 2.06. The minimum Gasteiger partial charge on any atom is -0.519 e. The summed E-state index contributed by atoms with van der Waals surface area (Å²) in [6, 6.07) is 2.69. The topological polar surface area (TPSA) is 129 Å². The number of hydrogen-bond acceptors (Lipinski definition) is 8. The molecule has 0 atom stereocenters. The van der Waals surface area contributed by atoms with Gasteiger partial charge in [0, 0.05) is 44.6 Å². The monoisotopic (exact) mass is 571 g/mol. The van der Waals surface area contributed by atoms with E-state index in [9.17, 15) is 19.5 Å². The van der Waals surface area contributed by atoms with E-state index >= 15 is 0 Å². The average Bonchev–Trinajstić information content (AvgIpc) is 3.18. The van der Waals surface area contributed by atoms with Crippen molar-refractivity contribution in [2.24, 2.45) is 0 Å². The zero-order valence-corrected chi connectivity index (χ0v) is 23.2. The third-order valence-electron chi connectivity index (χ3n) is 6.32. The van der Waals surface area contributed by atoms with Crippen LogP contribution in [-0.2, 0) is 9.59 Å². The molecule has 39 heavy (non-hydrogen) atoms. The summed E-state index contributed by atoms with van der Waals surface area (Å²) in [5, 5.41) is 28.4. The van der Waals surface area contributed by atoms with Crippen LogP contribution < -0.4 is 9.80 Å². The lowest BCUT2D eigenvalue weighted by Gasteiger charge is -2.37. The van der Waals surface area contributed by atoms with Crippen molar-refractivity contribution in [3.8, 4) is 5.75 Å². The molecule has 1 fully saturated rings. The molecule has 206 valence electrons. The maximum Gasteiger partial charge on any atom is 0.330 e. The van der Waals surface area contributed by atoms with Gasteiger partial charge in [-0.2, -0.15) is 0 Å². The molecule has 0 aliphatic carbocycles. The van der Waals surface area contributed by atoms with Gasteiger partial charge in [0.05, 0.1) is 17.9 Å². The minimum atomic E-state index is -0.993. The van der Waals surface area contributed by atoms with E-state index in [2.05, 4.69) is 4.85 Å². The number of urea groups is 1. The summed E-state index contributed by atoms with van der Waals surface area (Å²) in [5.74, 6) is -1.35. The molecule has 2 amide bonds. The molecule has 1 aromatic rings. The number of amides is 2. The van der Waals surface area contributed by atoms with Gasteiger partial charge >= 0.3 is 18.0 Å². The number of hydrogen-bond donors (Lipinski definition) is 3. The van der Waals surface area contributed by atoms with Gasteiger partial charge < -0.3 is 25.1 Å². The molecule has 1 aromatic carbocycles. The molecule has 2 heterocycles. The van der Waals surface area contributed by atoms with Crippen molar-refractivity contribution < 1.29 is 29.7 Å². The molecule has 2 aliphatic rings. The highest BCUT2D eigenvalue weighted by Gasteiger charge is 2.37. The fraction of sp³-hybridized carbons (Fsp3) is 0.385. The zero-order chi connectivity index (χ0) is 28.9. The van der Waals surface area contributed by atoms with Crippen LogP contribution in [0.25, 0.3) is 4.85 Å². The van der Waals surface area contributed by atoms with Crippen LogP contribution in [0, 0.1) is 6.57 Å². The average molecular weight is 572 g/mol. The Morgan fingerprint density at radius 2 is 1.38 bits per heavy atom. The van der Waals surface area contributed by atoms with Crippen LogP contribution in [0.1, 0.15) is 39.5 Å². The fourth-order valence-electron chi connectivity index (χ4n) is 4.49. The summed E-state index contributed by atoms with van der Waals surface area (Å²) >= 11 is 11.2. The number of rotatable bonds is 11.